The predicted octanol–water partition coefficient (Wildman–Crippen LogP) is 11.8. The molecular formula is C56H60N6O4S2. The first-order valence-electron chi connectivity index (χ1n) is 24.8. The number of thiazole rings is 2. The van der Waals surface area contributed by atoms with Gasteiger partial charge in [0.25, 0.3) is 0 Å². The highest BCUT2D eigenvalue weighted by molar-refractivity contribution is 7.15. The van der Waals surface area contributed by atoms with Crippen molar-refractivity contribution >= 4 is 46.3 Å². The van der Waals surface area contributed by atoms with Crippen LogP contribution in [0.3, 0.4) is 0 Å². The second kappa shape index (κ2) is 21.1. The molecule has 4 aliphatic rings. The SMILES string of the molecule is O=C(N[C@H](C(=O)N1CCC[C@H]1c1ncc(-c2ccc(-c3ccc(-c4cnc([C@@H]5CCCN5C(=O)[C@H](NC(=O)C5CCCCC5)c5ccccc5)s4)cc3)cc2)s1)c1ccccc1)C1CCCCC1. The molecule has 0 bridgehead atoms. The quantitative estimate of drug-likeness (QED) is 0.119. The Morgan fingerprint density at radius 3 is 1.21 bits per heavy atom. The summed E-state index contributed by atoms with van der Waals surface area (Å²) in [5.41, 5.74) is 5.98. The highest BCUT2D eigenvalue weighted by Gasteiger charge is 2.39. The minimum Gasteiger partial charge on any atom is -0.340 e. The Balaban J connectivity index is 0.790. The van der Waals surface area contributed by atoms with Crippen molar-refractivity contribution in [2.45, 2.75) is 114 Å². The third kappa shape index (κ3) is 10.1. The van der Waals surface area contributed by atoms with Crippen molar-refractivity contribution in [1.82, 2.24) is 30.4 Å². The molecule has 2 saturated heterocycles. The summed E-state index contributed by atoms with van der Waals surface area (Å²) in [6, 6.07) is 34.7. The molecule has 2 N–H and O–H groups in total. The fourth-order valence-corrected chi connectivity index (χ4v) is 13.0. The van der Waals surface area contributed by atoms with Gasteiger partial charge in [-0.15, -0.1) is 22.7 Å². The van der Waals surface area contributed by atoms with E-state index in [1.807, 2.05) is 82.9 Å². The molecule has 4 fully saturated rings. The van der Waals surface area contributed by atoms with Crippen LogP contribution in [0.2, 0.25) is 0 Å². The topological polar surface area (TPSA) is 125 Å². The van der Waals surface area contributed by atoms with Gasteiger partial charge in [0.15, 0.2) is 0 Å². The third-order valence-electron chi connectivity index (χ3n) is 14.6. The third-order valence-corrected chi connectivity index (χ3v) is 16.9. The van der Waals surface area contributed by atoms with Crippen molar-refractivity contribution in [3.05, 3.63) is 143 Å². The van der Waals surface area contributed by atoms with E-state index in [9.17, 15) is 19.2 Å². The Morgan fingerprint density at radius 1 is 0.456 bits per heavy atom. The van der Waals surface area contributed by atoms with Gasteiger partial charge in [-0.2, -0.15) is 0 Å². The highest BCUT2D eigenvalue weighted by atomic mass is 32.1. The van der Waals surface area contributed by atoms with Crippen molar-refractivity contribution in [1.29, 1.82) is 0 Å². The lowest BCUT2D eigenvalue weighted by molar-refractivity contribution is -0.138. The normalized spacial score (nSPS) is 19.9. The number of nitrogens with one attached hydrogen (secondary N) is 2. The fraction of sp³-hybridized carbons (Fsp3) is 0.393. The number of amides is 4. The van der Waals surface area contributed by atoms with Crippen LogP contribution in [0, 0.1) is 11.8 Å². The molecule has 4 aromatic carbocycles. The van der Waals surface area contributed by atoms with Crippen molar-refractivity contribution in [2.24, 2.45) is 11.8 Å². The van der Waals surface area contributed by atoms with Gasteiger partial charge >= 0.3 is 0 Å². The van der Waals surface area contributed by atoms with Gasteiger partial charge in [-0.1, -0.05) is 148 Å². The predicted molar refractivity (Wildman–Crippen MR) is 269 cm³/mol. The second-order valence-electron chi connectivity index (χ2n) is 19.0. The average Bonchev–Trinajstić information content (AvgIpc) is 4.26. The summed E-state index contributed by atoms with van der Waals surface area (Å²) < 4.78 is 0. The molecule has 4 heterocycles. The molecule has 0 unspecified atom stereocenters. The molecule has 6 aromatic rings. The Labute approximate surface area is 407 Å². The van der Waals surface area contributed by atoms with Crippen LogP contribution in [-0.4, -0.2) is 56.5 Å². The van der Waals surface area contributed by atoms with E-state index in [2.05, 4.69) is 59.2 Å². The first-order chi connectivity index (χ1) is 33.4. The minimum absolute atomic E-state index is 0.0132. The molecule has 10 rings (SSSR count). The number of hydrogen-bond donors (Lipinski definition) is 2. The molecule has 4 amide bonds. The second-order valence-corrected chi connectivity index (χ2v) is 21.2. The lowest BCUT2D eigenvalue weighted by Gasteiger charge is -2.30. The number of carbonyl (C=O) groups excluding carboxylic acids is 4. The Bertz CT molecular complexity index is 2490. The zero-order valence-corrected chi connectivity index (χ0v) is 40.2. The summed E-state index contributed by atoms with van der Waals surface area (Å²) in [5, 5.41) is 8.20. The molecule has 4 atom stereocenters. The largest absolute Gasteiger partial charge is 0.340 e. The van der Waals surface area contributed by atoms with Gasteiger partial charge in [-0.3, -0.25) is 19.2 Å². The molecule has 2 saturated carbocycles. The van der Waals surface area contributed by atoms with Crippen LogP contribution in [0.25, 0.3) is 32.0 Å². The zero-order valence-electron chi connectivity index (χ0n) is 38.6. The number of nitrogens with zero attached hydrogens (tertiary/aromatic N) is 4. The van der Waals surface area contributed by atoms with E-state index >= 15 is 0 Å². The standard InChI is InChI=1S/C56H60N6O4S2/c63-51(43-19-9-3-10-20-43)59-49(41-15-5-1-6-16-41)55(65)61-33-13-23-45(61)53-57-35-47(67-53)39-29-25-37(26-30-39)38-27-31-40(32-28-38)48-36-58-54(68-48)46-24-14-34-62(46)56(66)50(42-17-7-2-8-18-42)60-52(64)44-21-11-4-12-22-44/h1-2,5-8,15-18,25-32,35-36,43-46,49-50H,3-4,9-14,19-24,33-34H2,(H,59,63)(H,60,64)/t45-,46-,49-,50+/m0/s1. The molecule has 0 spiro atoms. The zero-order chi connectivity index (χ0) is 46.4. The highest BCUT2D eigenvalue weighted by Crippen LogP contribution is 2.41. The van der Waals surface area contributed by atoms with E-state index in [4.69, 9.17) is 9.97 Å². The van der Waals surface area contributed by atoms with E-state index < -0.39 is 12.1 Å². The molecule has 10 nitrogen and oxygen atoms in total. The molecule has 2 aliphatic heterocycles. The van der Waals surface area contributed by atoms with Gasteiger partial charge in [0.1, 0.15) is 22.1 Å². The van der Waals surface area contributed by atoms with E-state index in [1.165, 1.54) is 12.8 Å². The lowest BCUT2D eigenvalue weighted by atomic mass is 9.88. The van der Waals surface area contributed by atoms with Gasteiger partial charge < -0.3 is 20.4 Å². The Hall–Kier alpha value is -5.98. The van der Waals surface area contributed by atoms with Gasteiger partial charge in [-0.05, 0) is 84.7 Å². The van der Waals surface area contributed by atoms with Crippen molar-refractivity contribution in [3.8, 4) is 32.0 Å². The summed E-state index contributed by atoms with van der Waals surface area (Å²) in [5.74, 6) is -0.234. The van der Waals surface area contributed by atoms with Crippen LogP contribution in [0.15, 0.2) is 122 Å². The minimum atomic E-state index is -0.724. The lowest BCUT2D eigenvalue weighted by Crippen LogP contribution is -2.44. The summed E-state index contributed by atoms with van der Waals surface area (Å²) in [4.78, 5) is 71.4. The van der Waals surface area contributed by atoms with E-state index in [1.54, 1.807) is 22.7 Å². The first-order valence-corrected chi connectivity index (χ1v) is 26.5. The molecule has 12 heteroatoms. The maximum atomic E-state index is 14.4. The molecule has 0 radical (unpaired) electrons. The maximum absolute atomic E-state index is 14.4. The number of likely N-dealkylation sites (tertiary alicyclic amines) is 2. The van der Waals surface area contributed by atoms with Crippen LogP contribution in [0.4, 0.5) is 0 Å². The maximum Gasteiger partial charge on any atom is 0.250 e. The summed E-state index contributed by atoms with van der Waals surface area (Å²) >= 11 is 3.27. The van der Waals surface area contributed by atoms with Crippen LogP contribution < -0.4 is 10.6 Å². The van der Waals surface area contributed by atoms with Crippen LogP contribution in [0.5, 0.6) is 0 Å². The van der Waals surface area contributed by atoms with Crippen LogP contribution >= 0.6 is 22.7 Å². The average molecular weight is 945 g/mol. The molecular weight excluding hydrogens is 885 g/mol. The molecule has 2 aliphatic carbocycles. The molecule has 68 heavy (non-hydrogen) atoms. The van der Waals surface area contributed by atoms with E-state index in [-0.39, 0.29) is 47.5 Å². The van der Waals surface area contributed by atoms with Crippen molar-refractivity contribution in [3.63, 3.8) is 0 Å². The Kier molecular flexibility index (Phi) is 14.2. The molecule has 2 aromatic heterocycles. The van der Waals surface area contributed by atoms with E-state index in [0.29, 0.717) is 13.1 Å². The number of benzene rings is 4. The van der Waals surface area contributed by atoms with Gasteiger partial charge in [0.05, 0.1) is 21.8 Å². The van der Waals surface area contributed by atoms with Crippen molar-refractivity contribution in [2.75, 3.05) is 13.1 Å². The van der Waals surface area contributed by atoms with Crippen LogP contribution in [-0.2, 0) is 19.2 Å². The Morgan fingerprint density at radius 2 is 0.824 bits per heavy atom. The number of carbonyl (C=O) groups is 4. The summed E-state index contributed by atoms with van der Waals surface area (Å²) in [7, 11) is 0. The summed E-state index contributed by atoms with van der Waals surface area (Å²) in [6.45, 7) is 1.27. The smallest absolute Gasteiger partial charge is 0.250 e. The number of aromatic nitrogens is 2. The fourth-order valence-electron chi connectivity index (χ4n) is 10.8. The first kappa shape index (κ1) is 45.8. The van der Waals surface area contributed by atoms with Gasteiger partial charge in [0, 0.05) is 37.3 Å². The summed E-state index contributed by atoms with van der Waals surface area (Å²) in [6.07, 6.45) is 17.4. The van der Waals surface area contributed by atoms with Gasteiger partial charge in [0.2, 0.25) is 23.6 Å². The van der Waals surface area contributed by atoms with Gasteiger partial charge in [-0.25, -0.2) is 9.97 Å². The molecule has 350 valence electrons. The van der Waals surface area contributed by atoms with Crippen LogP contribution in [0.1, 0.15) is 135 Å². The monoisotopic (exact) mass is 944 g/mol. The van der Waals surface area contributed by atoms with Crippen molar-refractivity contribution < 1.29 is 19.2 Å². The number of hydrogen-bond acceptors (Lipinski definition) is 8. The van der Waals surface area contributed by atoms with E-state index in [0.717, 1.165) is 130 Å². The number of rotatable bonds is 13.